The Morgan fingerprint density at radius 3 is 2.43 bits per heavy atom. The molecule has 0 aliphatic carbocycles. The van der Waals surface area contributed by atoms with Gasteiger partial charge in [0.2, 0.25) is 0 Å². The van der Waals surface area contributed by atoms with E-state index in [1.165, 1.54) is 13.0 Å². The second-order valence-corrected chi connectivity index (χ2v) is 2.65. The van der Waals surface area contributed by atoms with Crippen molar-refractivity contribution in [1.29, 1.82) is 0 Å². The molecule has 0 atom stereocenters. The van der Waals surface area contributed by atoms with Gasteiger partial charge in [0.1, 0.15) is 0 Å². The van der Waals surface area contributed by atoms with Crippen molar-refractivity contribution >= 4 is 17.1 Å². The second-order valence-electron chi connectivity index (χ2n) is 2.65. The minimum absolute atomic E-state index is 0.124. The molecule has 1 aromatic carbocycles. The third-order valence-electron chi connectivity index (χ3n) is 1.83. The van der Waals surface area contributed by atoms with Crippen molar-refractivity contribution < 1.29 is 15.3 Å². The largest absolute Gasteiger partial charge is 0.291 e. The molecule has 14 heavy (non-hydrogen) atoms. The van der Waals surface area contributed by atoms with Crippen molar-refractivity contribution in [3.63, 3.8) is 0 Å². The number of nitrogens with zero attached hydrogens (tertiary/aromatic N) is 1. The molecule has 0 spiro atoms. The highest BCUT2D eigenvalue weighted by molar-refractivity contribution is 5.67. The van der Waals surface area contributed by atoms with E-state index < -0.39 is 4.92 Å². The summed E-state index contributed by atoms with van der Waals surface area (Å²) in [5.41, 5.74) is 3.96. The molecule has 0 aliphatic heterocycles. The van der Waals surface area contributed by atoms with Gasteiger partial charge in [-0.1, -0.05) is 0 Å². The smallest absolute Gasteiger partial charge is 0.276 e. The van der Waals surface area contributed by atoms with Crippen LogP contribution in [-0.2, 0) is 0 Å². The minimum atomic E-state index is -0.600. The molecule has 0 saturated heterocycles. The molecule has 0 heterocycles. The Labute approximate surface area is 79.0 Å². The molecule has 76 valence electrons. The predicted octanol–water partition coefficient (Wildman–Crippen LogP) is 1.51. The molecule has 0 radical (unpaired) electrons. The van der Waals surface area contributed by atoms with Crippen LogP contribution in [-0.4, -0.2) is 15.3 Å². The van der Waals surface area contributed by atoms with Crippen LogP contribution in [0, 0.1) is 17.0 Å². The molecular weight excluding hydrogens is 190 g/mol. The van der Waals surface area contributed by atoms with Crippen molar-refractivity contribution in [3.8, 4) is 0 Å². The summed E-state index contributed by atoms with van der Waals surface area (Å²) >= 11 is 0. The van der Waals surface area contributed by atoms with E-state index in [9.17, 15) is 10.1 Å². The quantitative estimate of drug-likeness (QED) is 0.434. The summed E-state index contributed by atoms with van der Waals surface area (Å²) in [6.45, 7) is 1.48. The van der Waals surface area contributed by atoms with E-state index in [0.29, 0.717) is 0 Å². The Hall–Kier alpha value is -1.86. The summed E-state index contributed by atoms with van der Waals surface area (Å²) in [4.78, 5) is 9.94. The highest BCUT2D eigenvalue weighted by Crippen LogP contribution is 2.29. The standard InChI is InChI=1S/C7H9N3O4/c1-4-6(9-12)2-5(8-11)3-7(4)10(13)14/h2-3,8-9,11-12H,1H3. The van der Waals surface area contributed by atoms with Gasteiger partial charge in [0, 0.05) is 6.07 Å². The van der Waals surface area contributed by atoms with Crippen molar-refractivity contribution in [2.45, 2.75) is 6.92 Å². The molecule has 1 rings (SSSR count). The topological polar surface area (TPSA) is 108 Å². The van der Waals surface area contributed by atoms with E-state index in [2.05, 4.69) is 0 Å². The van der Waals surface area contributed by atoms with Crippen LogP contribution in [0.4, 0.5) is 17.1 Å². The average molecular weight is 199 g/mol. The van der Waals surface area contributed by atoms with Gasteiger partial charge >= 0.3 is 0 Å². The fraction of sp³-hybridized carbons (Fsp3) is 0.143. The lowest BCUT2D eigenvalue weighted by Crippen LogP contribution is -2.00. The first-order chi connectivity index (χ1) is 6.60. The zero-order valence-corrected chi connectivity index (χ0v) is 7.31. The highest BCUT2D eigenvalue weighted by Gasteiger charge is 2.15. The number of hydrogen-bond acceptors (Lipinski definition) is 6. The lowest BCUT2D eigenvalue weighted by molar-refractivity contribution is -0.385. The van der Waals surface area contributed by atoms with Gasteiger partial charge in [0.05, 0.1) is 21.9 Å². The van der Waals surface area contributed by atoms with Gasteiger partial charge in [-0.15, -0.1) is 0 Å². The van der Waals surface area contributed by atoms with Crippen LogP contribution >= 0.6 is 0 Å². The van der Waals surface area contributed by atoms with Gasteiger partial charge < -0.3 is 0 Å². The number of nitrogens with one attached hydrogen (secondary N) is 2. The van der Waals surface area contributed by atoms with Crippen molar-refractivity contribution in [2.24, 2.45) is 0 Å². The summed E-state index contributed by atoms with van der Waals surface area (Å²) < 4.78 is 0. The van der Waals surface area contributed by atoms with Crippen LogP contribution < -0.4 is 11.0 Å². The van der Waals surface area contributed by atoms with Crippen LogP contribution in [0.15, 0.2) is 12.1 Å². The molecule has 7 nitrogen and oxygen atoms in total. The maximum Gasteiger partial charge on any atom is 0.276 e. The number of anilines is 2. The average Bonchev–Trinajstić information content (AvgIpc) is 2.17. The Balaban J connectivity index is 3.34. The maximum atomic E-state index is 10.5. The monoisotopic (exact) mass is 199 g/mol. The van der Waals surface area contributed by atoms with Gasteiger partial charge in [-0.05, 0) is 13.0 Å². The highest BCUT2D eigenvalue weighted by atomic mass is 16.6. The molecular formula is C7H9N3O4. The molecule has 1 aromatic rings. The van der Waals surface area contributed by atoms with Crippen molar-refractivity contribution in [2.75, 3.05) is 11.0 Å². The van der Waals surface area contributed by atoms with Crippen LogP contribution in [0.25, 0.3) is 0 Å². The Kier molecular flexibility index (Phi) is 2.85. The molecule has 0 aliphatic rings. The SMILES string of the molecule is Cc1c(NO)cc(NO)cc1[N+](=O)[O-]. The second kappa shape index (κ2) is 3.90. The predicted molar refractivity (Wildman–Crippen MR) is 48.7 cm³/mol. The molecule has 0 bridgehead atoms. The number of hydrogen-bond donors (Lipinski definition) is 4. The molecule has 0 fully saturated rings. The Bertz CT molecular complexity index is 366. The number of nitro groups is 1. The van der Waals surface area contributed by atoms with E-state index in [1.807, 2.05) is 5.48 Å². The maximum absolute atomic E-state index is 10.5. The first-order valence-electron chi connectivity index (χ1n) is 3.69. The van der Waals surface area contributed by atoms with E-state index in [1.54, 1.807) is 5.48 Å². The molecule has 7 heteroatoms. The first-order valence-corrected chi connectivity index (χ1v) is 3.69. The normalized spacial score (nSPS) is 9.64. The zero-order chi connectivity index (χ0) is 10.7. The fourth-order valence-corrected chi connectivity index (χ4v) is 1.07. The summed E-state index contributed by atoms with van der Waals surface area (Å²) in [6.07, 6.45) is 0. The van der Waals surface area contributed by atoms with E-state index in [4.69, 9.17) is 10.4 Å². The summed E-state index contributed by atoms with van der Waals surface area (Å²) in [7, 11) is 0. The third kappa shape index (κ3) is 1.73. The van der Waals surface area contributed by atoms with Gasteiger partial charge in [-0.25, -0.2) is 0 Å². The lowest BCUT2D eigenvalue weighted by Gasteiger charge is -2.07. The first kappa shape index (κ1) is 10.2. The number of nitro benzene ring substituents is 1. The fourth-order valence-electron chi connectivity index (χ4n) is 1.07. The Morgan fingerprint density at radius 1 is 1.36 bits per heavy atom. The van der Waals surface area contributed by atoms with Gasteiger partial charge in [-0.2, -0.15) is 0 Å². The van der Waals surface area contributed by atoms with Crippen molar-refractivity contribution in [1.82, 2.24) is 0 Å². The zero-order valence-electron chi connectivity index (χ0n) is 7.31. The number of benzene rings is 1. The third-order valence-corrected chi connectivity index (χ3v) is 1.83. The molecule has 4 N–H and O–H groups in total. The summed E-state index contributed by atoms with van der Waals surface area (Å²) in [6, 6.07) is 2.50. The summed E-state index contributed by atoms with van der Waals surface area (Å²) in [5.74, 6) is 0. The van der Waals surface area contributed by atoms with Crippen LogP contribution in [0.3, 0.4) is 0 Å². The van der Waals surface area contributed by atoms with Gasteiger partial charge in [0.25, 0.3) is 5.69 Å². The van der Waals surface area contributed by atoms with Crippen molar-refractivity contribution in [3.05, 3.63) is 27.8 Å². The van der Waals surface area contributed by atoms with Crippen LogP contribution in [0.2, 0.25) is 0 Å². The molecule has 0 amide bonds. The van der Waals surface area contributed by atoms with E-state index in [0.717, 1.165) is 6.07 Å². The van der Waals surface area contributed by atoms with Crippen LogP contribution in [0.1, 0.15) is 5.56 Å². The lowest BCUT2D eigenvalue weighted by atomic mass is 10.1. The van der Waals surface area contributed by atoms with E-state index in [-0.39, 0.29) is 22.6 Å². The summed E-state index contributed by atoms with van der Waals surface area (Å²) in [5, 5.41) is 27.8. The van der Waals surface area contributed by atoms with Gasteiger partial charge in [-0.3, -0.25) is 31.5 Å². The Morgan fingerprint density at radius 2 is 2.00 bits per heavy atom. The molecule has 0 aromatic heterocycles. The molecule has 0 saturated carbocycles. The van der Waals surface area contributed by atoms with E-state index >= 15 is 0 Å². The number of rotatable bonds is 3. The van der Waals surface area contributed by atoms with Crippen LogP contribution in [0.5, 0.6) is 0 Å². The molecule has 0 unspecified atom stereocenters. The van der Waals surface area contributed by atoms with Gasteiger partial charge in [0.15, 0.2) is 0 Å². The minimum Gasteiger partial charge on any atom is -0.291 e.